The lowest BCUT2D eigenvalue weighted by Crippen LogP contribution is -2.41. The third kappa shape index (κ3) is 15.1. The lowest BCUT2D eigenvalue weighted by Gasteiger charge is -2.19. The molecule has 294 valence electrons. The van der Waals surface area contributed by atoms with E-state index in [2.05, 4.69) is 42.9 Å². The van der Waals surface area contributed by atoms with Crippen LogP contribution in [0.1, 0.15) is 87.1 Å². The molecule has 55 heavy (non-hydrogen) atoms. The van der Waals surface area contributed by atoms with E-state index in [-0.39, 0.29) is 29.3 Å². The van der Waals surface area contributed by atoms with Gasteiger partial charge in [0.25, 0.3) is 0 Å². The van der Waals surface area contributed by atoms with Gasteiger partial charge in [-0.25, -0.2) is 14.4 Å². The summed E-state index contributed by atoms with van der Waals surface area (Å²) in [6.45, 7) is 7.43. The van der Waals surface area contributed by atoms with Crippen LogP contribution in [0.5, 0.6) is 0 Å². The summed E-state index contributed by atoms with van der Waals surface area (Å²) in [5.41, 5.74) is 3.60. The molecule has 1 aliphatic carbocycles. The number of aryl methyl sites for hydroxylation is 1. The van der Waals surface area contributed by atoms with E-state index in [1.807, 2.05) is 30.3 Å². The average molecular weight is 757 g/mol. The Morgan fingerprint density at radius 1 is 0.745 bits per heavy atom. The van der Waals surface area contributed by atoms with Crippen LogP contribution in [-0.2, 0) is 36.8 Å². The van der Waals surface area contributed by atoms with Gasteiger partial charge < -0.3 is 24.8 Å². The van der Waals surface area contributed by atoms with Crippen molar-refractivity contribution < 1.29 is 38.2 Å². The summed E-state index contributed by atoms with van der Waals surface area (Å²) < 4.78 is 14.0. The second-order valence-corrected chi connectivity index (χ2v) is 14.0. The number of hydrogen-bond donors (Lipinski definition) is 6. The highest BCUT2D eigenvalue weighted by Crippen LogP contribution is 2.38. The van der Waals surface area contributed by atoms with E-state index in [1.165, 1.54) is 19.8 Å². The Hall–Kier alpha value is -6.05. The first-order chi connectivity index (χ1) is 26.1. The lowest BCUT2D eigenvalue weighted by molar-refractivity contribution is -0.129. The molecule has 3 atom stereocenters. The zero-order chi connectivity index (χ0) is 40.5. The van der Waals surface area contributed by atoms with Crippen LogP contribution < -0.4 is 21.3 Å². The highest BCUT2D eigenvalue weighted by Gasteiger charge is 2.32. The molecule has 0 spiro atoms. The molecule has 4 amide bonds. The SMILES string of the molecule is COC(=O)NC(=N)c1ccc(CCC(=O)[C@H](C)NC(=O)[C@@H]2CC[C@@H](c3ccccc3)C2)cc1.COC(=O)NC(=N)c1ccc(CNC(=O)OC(C)(C)C)cc1. The third-order valence-corrected chi connectivity index (χ3v) is 8.72. The summed E-state index contributed by atoms with van der Waals surface area (Å²) in [4.78, 5) is 59.0. The van der Waals surface area contributed by atoms with Gasteiger partial charge in [0.2, 0.25) is 5.91 Å². The summed E-state index contributed by atoms with van der Waals surface area (Å²) >= 11 is 0. The summed E-state index contributed by atoms with van der Waals surface area (Å²) in [7, 11) is 2.47. The van der Waals surface area contributed by atoms with Crippen LogP contribution in [0, 0.1) is 16.7 Å². The smallest absolute Gasteiger partial charge is 0.412 e. The molecule has 0 heterocycles. The number of alkyl carbamates (subject to hydrolysis) is 3. The molecular formula is C41H52N6O8. The maximum atomic E-state index is 12.7. The number of benzene rings is 3. The number of carbonyl (C=O) groups is 5. The fourth-order valence-corrected chi connectivity index (χ4v) is 5.71. The van der Waals surface area contributed by atoms with Crippen molar-refractivity contribution in [3.8, 4) is 0 Å². The molecule has 0 radical (unpaired) electrons. The Morgan fingerprint density at radius 2 is 1.27 bits per heavy atom. The van der Waals surface area contributed by atoms with Gasteiger partial charge in [-0.1, -0.05) is 78.9 Å². The van der Waals surface area contributed by atoms with Crippen molar-refractivity contribution in [2.24, 2.45) is 5.92 Å². The van der Waals surface area contributed by atoms with Crippen molar-refractivity contribution in [1.82, 2.24) is 21.3 Å². The molecule has 0 aromatic heterocycles. The Kier molecular flexibility index (Phi) is 16.6. The minimum Gasteiger partial charge on any atom is -0.453 e. The van der Waals surface area contributed by atoms with Gasteiger partial charge in [-0.15, -0.1) is 0 Å². The van der Waals surface area contributed by atoms with E-state index in [4.69, 9.17) is 15.6 Å². The highest BCUT2D eigenvalue weighted by atomic mass is 16.6. The summed E-state index contributed by atoms with van der Waals surface area (Å²) in [5, 5.41) is 25.7. The quantitative estimate of drug-likeness (QED) is 0.0736. The van der Waals surface area contributed by atoms with Crippen molar-refractivity contribution in [1.29, 1.82) is 10.8 Å². The Bertz CT molecular complexity index is 1790. The monoisotopic (exact) mass is 756 g/mol. The van der Waals surface area contributed by atoms with Crippen LogP contribution in [0.3, 0.4) is 0 Å². The minimum atomic E-state index is -0.695. The predicted octanol–water partition coefficient (Wildman–Crippen LogP) is 6.35. The van der Waals surface area contributed by atoms with Crippen LogP contribution in [-0.4, -0.2) is 67.5 Å². The second-order valence-electron chi connectivity index (χ2n) is 14.0. The maximum Gasteiger partial charge on any atom is 0.412 e. The van der Waals surface area contributed by atoms with Crippen molar-refractivity contribution >= 4 is 41.6 Å². The number of nitrogens with one attached hydrogen (secondary N) is 6. The van der Waals surface area contributed by atoms with Crippen molar-refractivity contribution in [3.63, 3.8) is 0 Å². The van der Waals surface area contributed by atoms with Crippen LogP contribution >= 0.6 is 0 Å². The van der Waals surface area contributed by atoms with Crippen LogP contribution in [0.25, 0.3) is 0 Å². The Labute approximate surface area is 322 Å². The van der Waals surface area contributed by atoms with Gasteiger partial charge in [0.1, 0.15) is 17.3 Å². The topological polar surface area (TPSA) is 209 Å². The van der Waals surface area contributed by atoms with E-state index >= 15 is 0 Å². The molecule has 0 saturated heterocycles. The lowest BCUT2D eigenvalue weighted by atomic mass is 9.96. The second kappa shape index (κ2) is 21.0. The number of amidine groups is 2. The van der Waals surface area contributed by atoms with Crippen molar-refractivity contribution in [2.75, 3.05) is 14.2 Å². The summed E-state index contributed by atoms with van der Waals surface area (Å²) in [5.74, 6) is 0.202. The molecule has 6 N–H and O–H groups in total. The number of hydrogen-bond acceptors (Lipinski definition) is 10. The number of ether oxygens (including phenoxy) is 3. The molecule has 0 aliphatic heterocycles. The van der Waals surface area contributed by atoms with E-state index in [1.54, 1.807) is 64.1 Å². The summed E-state index contributed by atoms with van der Waals surface area (Å²) in [6, 6.07) is 23.7. The number of rotatable bonds is 11. The molecule has 1 aliphatic rings. The molecule has 0 bridgehead atoms. The molecule has 3 aromatic carbocycles. The van der Waals surface area contributed by atoms with Crippen LogP contribution in [0.4, 0.5) is 14.4 Å². The van der Waals surface area contributed by atoms with Gasteiger partial charge in [-0.2, -0.15) is 0 Å². The molecule has 3 aromatic rings. The molecule has 4 rings (SSSR count). The average Bonchev–Trinajstić information content (AvgIpc) is 3.67. The zero-order valence-corrected chi connectivity index (χ0v) is 32.2. The Morgan fingerprint density at radius 3 is 1.78 bits per heavy atom. The number of methoxy groups -OCH3 is 2. The molecule has 14 heteroatoms. The van der Waals surface area contributed by atoms with E-state index in [0.717, 1.165) is 30.4 Å². The highest BCUT2D eigenvalue weighted by molar-refractivity contribution is 6.05. The van der Waals surface area contributed by atoms with E-state index < -0.39 is 29.9 Å². The molecule has 14 nitrogen and oxygen atoms in total. The van der Waals surface area contributed by atoms with Crippen molar-refractivity contribution in [2.45, 2.75) is 83.9 Å². The predicted molar refractivity (Wildman–Crippen MR) is 208 cm³/mol. The molecule has 1 fully saturated rings. The van der Waals surface area contributed by atoms with Gasteiger partial charge in [0.05, 0.1) is 20.3 Å². The van der Waals surface area contributed by atoms with Gasteiger partial charge >= 0.3 is 18.3 Å². The first-order valence-corrected chi connectivity index (χ1v) is 18.0. The normalized spacial score (nSPS) is 15.2. The standard InChI is InChI=1S/C26H31N3O4.C15H21N3O4/c1-17(28-25(31)22-14-13-21(16-22)19-6-4-3-5-7-19)23(30)15-10-18-8-11-20(12-9-18)24(27)29-26(32)33-2;1-15(2,3)22-13(19)17-9-10-5-7-11(8-6-10)12(16)18-14(20)21-4/h3-9,11-12,17,21-22H,10,13-16H2,1-2H3,(H,28,31)(H2,27,29,32);5-8H,9H2,1-4H3,(H,17,19)(H2,16,18,20)/t17-,21+,22+;/m0./s1. The summed E-state index contributed by atoms with van der Waals surface area (Å²) in [6.07, 6.45) is 1.64. The van der Waals surface area contributed by atoms with Gasteiger partial charge in [0.15, 0.2) is 5.78 Å². The molecule has 0 unspecified atom stereocenters. The zero-order valence-electron chi connectivity index (χ0n) is 32.2. The van der Waals surface area contributed by atoms with Gasteiger partial charge in [0, 0.05) is 30.0 Å². The minimum absolute atomic E-state index is 0.00914. The van der Waals surface area contributed by atoms with Gasteiger partial charge in [-0.3, -0.25) is 31.0 Å². The number of Topliss-reactive ketones (excluding diaryl/α,β-unsaturated/α-hetero) is 1. The van der Waals surface area contributed by atoms with Crippen LogP contribution in [0.15, 0.2) is 78.9 Å². The number of carbonyl (C=O) groups excluding carboxylic acids is 5. The van der Waals surface area contributed by atoms with Crippen LogP contribution in [0.2, 0.25) is 0 Å². The first kappa shape index (κ1) is 43.4. The fraction of sp³-hybridized carbons (Fsp3) is 0.390. The van der Waals surface area contributed by atoms with E-state index in [0.29, 0.717) is 36.4 Å². The Balaban J connectivity index is 0.000000322. The number of ketones is 1. The first-order valence-electron chi connectivity index (χ1n) is 18.0. The molecular weight excluding hydrogens is 704 g/mol. The van der Waals surface area contributed by atoms with Gasteiger partial charge in [-0.05, 0) is 76.0 Å². The molecule has 1 saturated carbocycles. The van der Waals surface area contributed by atoms with E-state index in [9.17, 15) is 24.0 Å². The number of amides is 4. The maximum absolute atomic E-state index is 12.7. The largest absolute Gasteiger partial charge is 0.453 e. The third-order valence-electron chi connectivity index (χ3n) is 8.72. The fourth-order valence-electron chi connectivity index (χ4n) is 5.71. The van der Waals surface area contributed by atoms with Crippen molar-refractivity contribution in [3.05, 3.63) is 107 Å².